The quantitative estimate of drug-likeness (QED) is 0.0383. The summed E-state index contributed by atoms with van der Waals surface area (Å²) in [6, 6.07) is 0. The second kappa shape index (κ2) is 34.8. The van der Waals surface area contributed by atoms with Gasteiger partial charge in [-0.2, -0.15) is 0 Å². The van der Waals surface area contributed by atoms with E-state index in [0.717, 1.165) is 19.3 Å². The first-order chi connectivity index (χ1) is 19.0. The molecular formula is C29H53Na2O9PS. The van der Waals surface area contributed by atoms with E-state index in [4.69, 9.17) is 9.47 Å². The predicted molar refractivity (Wildman–Crippen MR) is 167 cm³/mol. The summed E-state index contributed by atoms with van der Waals surface area (Å²) in [5, 5.41) is -0.139. The smallest absolute Gasteiger partial charge is 0.790 e. The zero-order chi connectivity index (χ0) is 30.5. The number of phosphoric ester groups is 1. The van der Waals surface area contributed by atoms with Gasteiger partial charge in [0.25, 0.3) is 0 Å². The van der Waals surface area contributed by atoms with Crippen molar-refractivity contribution in [2.75, 3.05) is 13.2 Å². The molecule has 0 aromatic heterocycles. The van der Waals surface area contributed by atoms with Gasteiger partial charge in [0.15, 0.2) is 11.2 Å². The van der Waals surface area contributed by atoms with E-state index in [1.54, 1.807) is 6.92 Å². The Morgan fingerprint density at radius 3 is 1.74 bits per heavy atom. The minimum atomic E-state index is -5.29. The van der Waals surface area contributed by atoms with Gasteiger partial charge in [-0.1, -0.05) is 77.1 Å². The van der Waals surface area contributed by atoms with Gasteiger partial charge in [0.2, 0.25) is 0 Å². The fourth-order valence-corrected chi connectivity index (χ4v) is 3.29. The van der Waals surface area contributed by atoms with Crippen molar-refractivity contribution in [2.24, 2.45) is 0 Å². The molecule has 0 amide bonds. The molecule has 0 bridgehead atoms. The Hall–Kier alpha value is -0.690. The number of phosphoric acid groups is 1. The third kappa shape index (κ3) is 43.8. The summed E-state index contributed by atoms with van der Waals surface area (Å²) in [4.78, 5) is 54.6. The van der Waals surface area contributed by atoms with Gasteiger partial charge in [0.05, 0.1) is 14.4 Å². The molecule has 0 fully saturated rings. The topological polar surface area (TPSA) is 142 Å². The van der Waals surface area contributed by atoms with E-state index in [2.05, 4.69) is 71.4 Å². The van der Waals surface area contributed by atoms with Crippen molar-refractivity contribution >= 4 is 37.5 Å². The van der Waals surface area contributed by atoms with E-state index < -0.39 is 39.1 Å². The van der Waals surface area contributed by atoms with Crippen molar-refractivity contribution in [3.63, 3.8) is 0 Å². The molecule has 0 aliphatic heterocycles. The zero-order valence-corrected chi connectivity index (χ0v) is 31.3. The van der Waals surface area contributed by atoms with Gasteiger partial charge >= 0.3 is 71.1 Å². The Morgan fingerprint density at radius 1 is 0.810 bits per heavy atom. The van der Waals surface area contributed by atoms with Gasteiger partial charge in [-0.3, -0.25) is 9.59 Å². The van der Waals surface area contributed by atoms with Crippen LogP contribution in [0.4, 0.5) is 0 Å². The summed E-state index contributed by atoms with van der Waals surface area (Å²) >= 11 is 3.33. The van der Waals surface area contributed by atoms with Crippen molar-refractivity contribution in [3.8, 4) is 47.4 Å². The minimum absolute atomic E-state index is 0. The van der Waals surface area contributed by atoms with Crippen LogP contribution in [0.5, 0.6) is 0 Å². The van der Waals surface area contributed by atoms with Gasteiger partial charge < -0.3 is 28.3 Å². The maximum Gasteiger partial charge on any atom is 1.00 e. The van der Waals surface area contributed by atoms with Crippen LogP contribution in [0.3, 0.4) is 0 Å². The number of unbranched alkanes of at least 4 members (excludes halogenated alkanes) is 10. The van der Waals surface area contributed by atoms with Crippen LogP contribution >= 0.6 is 20.5 Å². The number of hydrogen-bond donors (Lipinski definition) is 1. The van der Waals surface area contributed by atoms with Crippen molar-refractivity contribution in [1.82, 2.24) is 0 Å². The summed E-state index contributed by atoms with van der Waals surface area (Å²) in [6.07, 6.45) is 11.3. The SMILES string of the molecule is CC#CC#CC#CC#CC(=O)OC[C@H](COP(=O)([O-])[O-])OC(=O)CCCCCCCCCCCCC.CC(=O)S.[HH].[HH].[HH].[HH].[HH].[HH].[HH].[Na+].[Na+]. The third-order valence-electron chi connectivity index (χ3n) is 4.70. The molecule has 0 N–H and O–H groups in total. The van der Waals surface area contributed by atoms with Crippen LogP contribution in [0.25, 0.3) is 0 Å². The second-order valence-electron chi connectivity index (χ2n) is 8.38. The first-order valence-corrected chi connectivity index (χ1v) is 15.1. The van der Waals surface area contributed by atoms with E-state index in [0.29, 0.717) is 6.42 Å². The standard InChI is InChI=1S/C27H37O8P.C2H4OS.2Na.7H2/c1-3-5-7-9-11-12-13-14-16-18-20-22-27(29)35-25(24-34-36(30,31)32)23-33-26(28)21-19-17-15-10-8-6-4-2;1-2(3)4;;;;;;;;;/h25H,3,5,7,9,11-14,16,18,20,22-24H2,1-2H3,(H2,30,31,32);1H3,(H,3,4);;;7*1H/q;;2*+1;;;;;;;/p-2/t25-;;;;;;;;;;/m1........../s1. The first-order valence-electron chi connectivity index (χ1n) is 13.2. The normalized spacial score (nSPS) is 9.76. The third-order valence-corrected chi connectivity index (χ3v) is 5.17. The average molecular weight is 655 g/mol. The van der Waals surface area contributed by atoms with Gasteiger partial charge in [-0.05, 0) is 48.9 Å². The fourth-order valence-electron chi connectivity index (χ4n) is 2.94. The first kappa shape index (κ1) is 48.2. The van der Waals surface area contributed by atoms with E-state index >= 15 is 0 Å². The molecule has 0 aromatic carbocycles. The molecule has 0 saturated carbocycles. The molecule has 0 heterocycles. The van der Waals surface area contributed by atoms with Gasteiger partial charge in [-0.25, -0.2) is 4.79 Å². The molecule has 13 heteroatoms. The van der Waals surface area contributed by atoms with Crippen LogP contribution in [-0.4, -0.2) is 36.4 Å². The molecule has 0 aromatic rings. The Labute approximate surface area is 311 Å². The molecule has 0 aliphatic rings. The van der Waals surface area contributed by atoms with Crippen LogP contribution in [-0.2, 0) is 32.9 Å². The molecule has 0 rings (SSSR count). The summed E-state index contributed by atoms with van der Waals surface area (Å²) in [5.41, 5.74) is 0. The summed E-state index contributed by atoms with van der Waals surface area (Å²) < 4.78 is 24.9. The molecule has 9 nitrogen and oxygen atoms in total. The van der Waals surface area contributed by atoms with Crippen molar-refractivity contribution in [3.05, 3.63) is 0 Å². The average Bonchev–Trinajstić information content (AvgIpc) is 2.87. The van der Waals surface area contributed by atoms with Crippen LogP contribution < -0.4 is 68.9 Å². The molecule has 0 aliphatic carbocycles. The molecule has 0 unspecified atom stereocenters. The van der Waals surface area contributed by atoms with E-state index in [1.807, 2.05) is 0 Å². The number of ether oxygens (including phenoxy) is 2. The summed E-state index contributed by atoms with van der Waals surface area (Å²) in [7, 11) is -5.29. The van der Waals surface area contributed by atoms with Crippen LogP contribution in [0.1, 0.15) is 108 Å². The van der Waals surface area contributed by atoms with E-state index in [-0.39, 0.29) is 80.6 Å². The molecule has 42 heavy (non-hydrogen) atoms. The van der Waals surface area contributed by atoms with Crippen molar-refractivity contribution in [2.45, 2.75) is 104 Å². The van der Waals surface area contributed by atoms with E-state index in [1.165, 1.54) is 51.9 Å². The maximum atomic E-state index is 12.1. The van der Waals surface area contributed by atoms with Crippen LogP contribution in [0.2, 0.25) is 0 Å². The second-order valence-corrected chi connectivity index (χ2v) is 10.2. The molecule has 0 spiro atoms. The predicted octanol–water partition coefficient (Wildman–Crippen LogP) is -0.786. The van der Waals surface area contributed by atoms with Gasteiger partial charge in [0, 0.05) is 29.3 Å². The number of carbonyl (C=O) groups is 3. The van der Waals surface area contributed by atoms with Crippen LogP contribution in [0, 0.1) is 47.4 Å². The zero-order valence-electron chi connectivity index (χ0n) is 25.5. The number of rotatable bonds is 18. The van der Waals surface area contributed by atoms with Crippen molar-refractivity contribution in [1.29, 1.82) is 0 Å². The number of carbonyl (C=O) groups excluding carboxylic acids is 3. The number of thiol groups is 1. The Kier molecular flexibility index (Phi) is 39.9. The summed E-state index contributed by atoms with van der Waals surface area (Å²) in [5.74, 6) is 17.3. The van der Waals surface area contributed by atoms with E-state index in [9.17, 15) is 28.7 Å². The molecular weight excluding hydrogens is 601 g/mol. The summed E-state index contributed by atoms with van der Waals surface area (Å²) in [6.45, 7) is 3.93. The molecule has 236 valence electrons. The molecule has 0 radical (unpaired) electrons. The minimum Gasteiger partial charge on any atom is -0.790 e. The Morgan fingerprint density at radius 2 is 1.26 bits per heavy atom. The monoisotopic (exact) mass is 654 g/mol. The largest absolute Gasteiger partial charge is 1.00 e. The molecule has 0 saturated heterocycles. The van der Waals surface area contributed by atoms with Gasteiger partial charge in [-0.15, -0.1) is 12.6 Å². The Bertz CT molecular complexity index is 1070. The Balaban J connectivity index is -0.000000116. The van der Waals surface area contributed by atoms with Gasteiger partial charge in [0.1, 0.15) is 6.61 Å². The van der Waals surface area contributed by atoms with Crippen LogP contribution in [0.15, 0.2) is 0 Å². The number of hydrogen-bond acceptors (Lipinski definition) is 9. The molecule has 1 atom stereocenters. The number of esters is 2. The fraction of sp³-hybridized carbons (Fsp3) is 0.621. The maximum absolute atomic E-state index is 12.1. The van der Waals surface area contributed by atoms with Crippen molar-refractivity contribution < 1.29 is 112 Å².